The van der Waals surface area contributed by atoms with Gasteiger partial charge < -0.3 is 9.42 Å². The van der Waals surface area contributed by atoms with E-state index in [2.05, 4.69) is 28.9 Å². The van der Waals surface area contributed by atoms with E-state index < -0.39 is 11.7 Å². The zero-order chi connectivity index (χ0) is 19.4. The van der Waals surface area contributed by atoms with Crippen molar-refractivity contribution in [1.82, 2.24) is 15.0 Å². The van der Waals surface area contributed by atoms with E-state index in [4.69, 9.17) is 4.52 Å². The zero-order valence-corrected chi connectivity index (χ0v) is 17.0. The molecule has 0 saturated carbocycles. The molecule has 2 aromatic rings. The Kier molecular flexibility index (Phi) is 7.89. The van der Waals surface area contributed by atoms with Crippen molar-refractivity contribution in [3.05, 3.63) is 35.7 Å². The second-order valence-electron chi connectivity index (χ2n) is 7.25. The molecule has 0 amide bonds. The van der Waals surface area contributed by atoms with Crippen LogP contribution in [-0.2, 0) is 12.6 Å². The second kappa shape index (κ2) is 9.74. The number of benzene rings is 1. The molecule has 8 heteroatoms. The number of hydrogen-bond donors (Lipinski definition) is 0. The van der Waals surface area contributed by atoms with Crippen molar-refractivity contribution < 1.29 is 17.7 Å². The summed E-state index contributed by atoms with van der Waals surface area (Å²) in [5, 5.41) is 3.98. The maximum Gasteiger partial charge on any atom is 0.416 e. The molecular weight excluding hydrogens is 391 g/mol. The fourth-order valence-corrected chi connectivity index (χ4v) is 3.87. The third-order valence-electron chi connectivity index (χ3n) is 5.48. The van der Waals surface area contributed by atoms with Crippen LogP contribution in [0.15, 0.2) is 28.8 Å². The molecule has 1 aromatic heterocycles. The highest BCUT2D eigenvalue weighted by atomic mass is 35.5. The predicted molar refractivity (Wildman–Crippen MR) is 104 cm³/mol. The average Bonchev–Trinajstić information content (AvgIpc) is 3.12. The first kappa shape index (κ1) is 22.7. The van der Waals surface area contributed by atoms with Crippen LogP contribution >= 0.6 is 12.4 Å². The number of halogens is 4. The number of aromatic nitrogens is 2. The van der Waals surface area contributed by atoms with Crippen LogP contribution in [0, 0.1) is 5.92 Å². The van der Waals surface area contributed by atoms with E-state index in [9.17, 15) is 13.2 Å². The monoisotopic (exact) mass is 417 g/mol. The highest BCUT2D eigenvalue weighted by molar-refractivity contribution is 5.85. The summed E-state index contributed by atoms with van der Waals surface area (Å²) in [6.07, 6.45) is 0.841. The van der Waals surface area contributed by atoms with Gasteiger partial charge in [-0.05, 0) is 62.9 Å². The SMILES string of the molecule is CCC(CC)N1CCC(Cc2noc(-c3cccc(C(F)(F)F)c3)n2)CC1.Cl. The minimum atomic E-state index is -4.39. The van der Waals surface area contributed by atoms with Crippen LogP contribution in [0.3, 0.4) is 0 Å². The number of nitrogens with zero attached hydrogens (tertiary/aromatic N) is 3. The summed E-state index contributed by atoms with van der Waals surface area (Å²) in [7, 11) is 0. The molecule has 1 aliphatic heterocycles. The molecule has 1 aromatic carbocycles. The van der Waals surface area contributed by atoms with Gasteiger partial charge in [0.25, 0.3) is 5.89 Å². The number of rotatable bonds is 6. The Morgan fingerprint density at radius 2 is 1.86 bits per heavy atom. The molecular formula is C20H27ClF3N3O. The number of alkyl halides is 3. The largest absolute Gasteiger partial charge is 0.416 e. The normalized spacial score (nSPS) is 16.4. The molecule has 1 fully saturated rings. The molecule has 1 aliphatic rings. The number of piperidine rings is 1. The molecule has 0 unspecified atom stereocenters. The summed E-state index contributed by atoms with van der Waals surface area (Å²) in [6, 6.07) is 5.65. The average molecular weight is 418 g/mol. The molecule has 4 nitrogen and oxygen atoms in total. The van der Waals surface area contributed by atoms with Crippen LogP contribution in [0.25, 0.3) is 11.5 Å². The summed E-state index contributed by atoms with van der Waals surface area (Å²) in [5.74, 6) is 1.21. The third-order valence-corrected chi connectivity index (χ3v) is 5.48. The maximum absolute atomic E-state index is 12.9. The van der Waals surface area contributed by atoms with Gasteiger partial charge in [-0.1, -0.05) is 25.1 Å². The lowest BCUT2D eigenvalue weighted by Gasteiger charge is -2.36. The second-order valence-corrected chi connectivity index (χ2v) is 7.25. The van der Waals surface area contributed by atoms with Crippen LogP contribution in [0.4, 0.5) is 13.2 Å². The minimum Gasteiger partial charge on any atom is -0.334 e. The van der Waals surface area contributed by atoms with Gasteiger partial charge in [0.05, 0.1) is 5.56 Å². The summed E-state index contributed by atoms with van der Waals surface area (Å²) in [5.41, 5.74) is -0.416. The van der Waals surface area contributed by atoms with E-state index in [1.54, 1.807) is 6.07 Å². The van der Waals surface area contributed by atoms with Crippen LogP contribution in [0.5, 0.6) is 0 Å². The van der Waals surface area contributed by atoms with Crippen molar-refractivity contribution in [2.75, 3.05) is 13.1 Å². The zero-order valence-electron chi connectivity index (χ0n) is 16.2. The molecule has 156 valence electrons. The van der Waals surface area contributed by atoms with Crippen LogP contribution in [0.2, 0.25) is 0 Å². The topological polar surface area (TPSA) is 42.2 Å². The Bertz CT molecular complexity index is 738. The maximum atomic E-state index is 12.9. The standard InChI is InChI=1S/C20H26F3N3O.ClH/c1-3-17(4-2)26-10-8-14(9-11-26)12-18-24-19(27-25-18)15-6-5-7-16(13-15)20(21,22)23;/h5-7,13-14,17H,3-4,8-12H2,1-2H3;1H. The van der Waals surface area contributed by atoms with E-state index in [0.717, 1.165) is 38.1 Å². The fourth-order valence-electron chi connectivity index (χ4n) is 3.87. The molecule has 0 spiro atoms. The van der Waals surface area contributed by atoms with Gasteiger partial charge in [0, 0.05) is 18.0 Å². The molecule has 0 bridgehead atoms. The van der Waals surface area contributed by atoms with Gasteiger partial charge in [0.15, 0.2) is 5.82 Å². The summed E-state index contributed by atoms with van der Waals surface area (Å²) >= 11 is 0. The highest BCUT2D eigenvalue weighted by Crippen LogP contribution is 2.32. The Balaban J connectivity index is 0.00000280. The lowest BCUT2D eigenvalue weighted by atomic mass is 9.92. The Morgan fingerprint density at radius 1 is 1.18 bits per heavy atom. The van der Waals surface area contributed by atoms with Crippen LogP contribution < -0.4 is 0 Å². The van der Waals surface area contributed by atoms with Crippen molar-refractivity contribution in [3.63, 3.8) is 0 Å². The summed E-state index contributed by atoms with van der Waals surface area (Å²) in [6.45, 7) is 6.62. The van der Waals surface area contributed by atoms with E-state index in [1.165, 1.54) is 18.9 Å². The Labute approximate surface area is 169 Å². The van der Waals surface area contributed by atoms with Gasteiger partial charge >= 0.3 is 6.18 Å². The Morgan fingerprint density at radius 3 is 2.46 bits per heavy atom. The van der Waals surface area contributed by atoms with E-state index in [0.29, 0.717) is 29.8 Å². The van der Waals surface area contributed by atoms with Crippen molar-refractivity contribution in [2.24, 2.45) is 5.92 Å². The minimum absolute atomic E-state index is 0. The van der Waals surface area contributed by atoms with Gasteiger partial charge in [-0.2, -0.15) is 18.2 Å². The summed E-state index contributed by atoms with van der Waals surface area (Å²) in [4.78, 5) is 6.88. The van der Waals surface area contributed by atoms with E-state index in [-0.39, 0.29) is 18.3 Å². The smallest absolute Gasteiger partial charge is 0.334 e. The van der Waals surface area contributed by atoms with Crippen LogP contribution in [0.1, 0.15) is 50.9 Å². The van der Waals surface area contributed by atoms with E-state index >= 15 is 0 Å². The fraction of sp³-hybridized carbons (Fsp3) is 0.600. The van der Waals surface area contributed by atoms with Gasteiger partial charge in [-0.25, -0.2) is 0 Å². The number of likely N-dealkylation sites (tertiary alicyclic amines) is 1. The first-order valence-electron chi connectivity index (χ1n) is 9.65. The molecule has 28 heavy (non-hydrogen) atoms. The molecule has 1 saturated heterocycles. The van der Waals surface area contributed by atoms with Crippen molar-refractivity contribution in [1.29, 1.82) is 0 Å². The van der Waals surface area contributed by atoms with Crippen LogP contribution in [-0.4, -0.2) is 34.2 Å². The van der Waals surface area contributed by atoms with Crippen molar-refractivity contribution >= 4 is 12.4 Å². The summed E-state index contributed by atoms with van der Waals surface area (Å²) < 4.78 is 43.8. The number of hydrogen-bond acceptors (Lipinski definition) is 4. The van der Waals surface area contributed by atoms with E-state index in [1.807, 2.05) is 0 Å². The lowest BCUT2D eigenvalue weighted by molar-refractivity contribution is -0.137. The third kappa shape index (κ3) is 5.47. The quantitative estimate of drug-likeness (QED) is 0.611. The first-order chi connectivity index (χ1) is 12.9. The van der Waals surface area contributed by atoms with Crippen molar-refractivity contribution in [2.45, 2.75) is 58.2 Å². The predicted octanol–water partition coefficient (Wildman–Crippen LogP) is 5.62. The molecule has 2 heterocycles. The van der Waals surface area contributed by atoms with Gasteiger partial charge in [-0.15, -0.1) is 12.4 Å². The first-order valence-corrected chi connectivity index (χ1v) is 9.65. The molecule has 0 aliphatic carbocycles. The Hall–Kier alpha value is -1.60. The van der Waals surface area contributed by atoms with Crippen molar-refractivity contribution in [3.8, 4) is 11.5 Å². The van der Waals surface area contributed by atoms with Gasteiger partial charge in [0.2, 0.25) is 0 Å². The highest BCUT2D eigenvalue weighted by Gasteiger charge is 2.31. The molecule has 0 radical (unpaired) electrons. The molecule has 0 atom stereocenters. The van der Waals surface area contributed by atoms with Gasteiger partial charge in [-0.3, -0.25) is 0 Å². The van der Waals surface area contributed by atoms with Gasteiger partial charge in [0.1, 0.15) is 0 Å². The molecule has 0 N–H and O–H groups in total. The lowest BCUT2D eigenvalue weighted by Crippen LogP contribution is -2.41. The molecule has 3 rings (SSSR count).